The zero-order valence-corrected chi connectivity index (χ0v) is 16.5. The summed E-state index contributed by atoms with van der Waals surface area (Å²) in [7, 11) is 0. The van der Waals surface area contributed by atoms with Crippen LogP contribution in [0.1, 0.15) is 85.0 Å². The molecule has 0 radical (unpaired) electrons. The first-order chi connectivity index (χ1) is 12.0. The van der Waals surface area contributed by atoms with E-state index in [0.717, 1.165) is 32.1 Å². The molecule has 0 rings (SSSR count). The van der Waals surface area contributed by atoms with Gasteiger partial charge in [-0.25, -0.2) is 4.79 Å². The van der Waals surface area contributed by atoms with Gasteiger partial charge in [-0.2, -0.15) is 0 Å². The van der Waals surface area contributed by atoms with Crippen molar-refractivity contribution in [1.82, 2.24) is 0 Å². The SMILES string of the molecule is CCC=CCC=CCC=CCCCCCCCCOC(C)(C)C(=O)O. The van der Waals surface area contributed by atoms with E-state index in [2.05, 4.69) is 43.4 Å². The van der Waals surface area contributed by atoms with Crippen LogP contribution in [-0.4, -0.2) is 23.3 Å². The molecule has 3 nitrogen and oxygen atoms in total. The van der Waals surface area contributed by atoms with Crippen LogP contribution in [0.3, 0.4) is 0 Å². The zero-order chi connectivity index (χ0) is 18.8. The summed E-state index contributed by atoms with van der Waals surface area (Å²) < 4.78 is 5.39. The number of allylic oxidation sites excluding steroid dienone is 6. The Morgan fingerprint density at radius 3 is 1.96 bits per heavy atom. The molecule has 0 bridgehead atoms. The fourth-order valence-electron chi connectivity index (χ4n) is 2.29. The normalized spacial score (nSPS) is 12.8. The molecule has 0 aliphatic carbocycles. The van der Waals surface area contributed by atoms with E-state index in [4.69, 9.17) is 9.84 Å². The van der Waals surface area contributed by atoms with Crippen LogP contribution in [0.25, 0.3) is 0 Å². The first-order valence-corrected chi connectivity index (χ1v) is 9.83. The molecule has 0 fully saturated rings. The van der Waals surface area contributed by atoms with Gasteiger partial charge in [0, 0.05) is 6.61 Å². The van der Waals surface area contributed by atoms with Crippen LogP contribution < -0.4 is 0 Å². The number of carboxylic acid groups (broad SMARTS) is 1. The minimum Gasteiger partial charge on any atom is -0.479 e. The van der Waals surface area contributed by atoms with E-state index >= 15 is 0 Å². The van der Waals surface area contributed by atoms with Crippen molar-refractivity contribution >= 4 is 5.97 Å². The van der Waals surface area contributed by atoms with Gasteiger partial charge in [0.1, 0.15) is 0 Å². The highest BCUT2D eigenvalue weighted by Gasteiger charge is 2.27. The Bertz CT molecular complexity index is 405. The topological polar surface area (TPSA) is 46.5 Å². The minimum atomic E-state index is -1.06. The van der Waals surface area contributed by atoms with E-state index in [-0.39, 0.29) is 0 Å². The van der Waals surface area contributed by atoms with Crippen molar-refractivity contribution in [3.63, 3.8) is 0 Å². The number of aliphatic carboxylic acids is 1. The molecular weight excluding hydrogens is 312 g/mol. The van der Waals surface area contributed by atoms with Crippen LogP contribution in [0.2, 0.25) is 0 Å². The maximum atomic E-state index is 10.9. The number of hydrogen-bond acceptors (Lipinski definition) is 2. The molecule has 0 amide bonds. The van der Waals surface area contributed by atoms with Crippen molar-refractivity contribution in [3.8, 4) is 0 Å². The van der Waals surface area contributed by atoms with E-state index in [1.54, 1.807) is 13.8 Å². The van der Waals surface area contributed by atoms with Gasteiger partial charge >= 0.3 is 5.97 Å². The molecule has 0 aliphatic heterocycles. The maximum Gasteiger partial charge on any atom is 0.335 e. The highest BCUT2D eigenvalue weighted by molar-refractivity contribution is 5.76. The van der Waals surface area contributed by atoms with Crippen LogP contribution in [0.5, 0.6) is 0 Å². The molecule has 3 heteroatoms. The maximum absolute atomic E-state index is 10.9. The largest absolute Gasteiger partial charge is 0.479 e. The summed E-state index contributed by atoms with van der Waals surface area (Å²) in [5.74, 6) is -0.899. The molecule has 0 saturated carbocycles. The molecule has 0 saturated heterocycles. The van der Waals surface area contributed by atoms with E-state index in [1.807, 2.05) is 0 Å². The van der Waals surface area contributed by atoms with Gasteiger partial charge in [0.15, 0.2) is 5.60 Å². The van der Waals surface area contributed by atoms with E-state index in [0.29, 0.717) is 6.61 Å². The summed E-state index contributed by atoms with van der Waals surface area (Å²) in [5.41, 5.74) is -1.06. The summed E-state index contributed by atoms with van der Waals surface area (Å²) in [6, 6.07) is 0. The van der Waals surface area contributed by atoms with E-state index in [9.17, 15) is 4.79 Å². The van der Waals surface area contributed by atoms with Crippen LogP contribution in [0.4, 0.5) is 0 Å². The Kier molecular flexibility index (Phi) is 15.3. The third kappa shape index (κ3) is 15.9. The average Bonchev–Trinajstić information content (AvgIpc) is 2.57. The quantitative estimate of drug-likeness (QED) is 0.257. The lowest BCUT2D eigenvalue weighted by atomic mass is 10.1. The fourth-order valence-corrected chi connectivity index (χ4v) is 2.29. The molecule has 0 aromatic heterocycles. The Hall–Kier alpha value is -1.35. The molecule has 1 N–H and O–H groups in total. The number of carboxylic acids is 1. The van der Waals surface area contributed by atoms with Crippen molar-refractivity contribution in [3.05, 3.63) is 36.5 Å². The van der Waals surface area contributed by atoms with Crippen molar-refractivity contribution in [2.75, 3.05) is 6.61 Å². The van der Waals surface area contributed by atoms with Crippen LogP contribution in [0.15, 0.2) is 36.5 Å². The highest BCUT2D eigenvalue weighted by Crippen LogP contribution is 2.12. The van der Waals surface area contributed by atoms with Gasteiger partial charge < -0.3 is 9.84 Å². The van der Waals surface area contributed by atoms with Crippen molar-refractivity contribution in [2.24, 2.45) is 0 Å². The van der Waals surface area contributed by atoms with Gasteiger partial charge in [0.2, 0.25) is 0 Å². The van der Waals surface area contributed by atoms with E-state index in [1.165, 1.54) is 32.1 Å². The third-order valence-electron chi connectivity index (χ3n) is 4.02. The summed E-state index contributed by atoms with van der Waals surface area (Å²) in [6.45, 7) is 5.88. The Balaban J connectivity index is 3.35. The number of ether oxygens (including phenoxy) is 1. The van der Waals surface area contributed by atoms with Crippen LogP contribution >= 0.6 is 0 Å². The first kappa shape index (κ1) is 23.6. The molecular formula is C22H38O3. The summed E-state index contributed by atoms with van der Waals surface area (Å²) in [6.07, 6.45) is 24.8. The molecule has 0 atom stereocenters. The standard InChI is InChI=1S/C22H38O3/c1-4-5-6-7-8-9-10-11-12-13-14-15-16-17-18-19-20-25-22(2,3)21(23)24/h5-6,8-9,11-12H,4,7,10,13-20H2,1-3H3,(H,23,24). The van der Waals surface area contributed by atoms with Gasteiger partial charge in [0.05, 0.1) is 0 Å². The molecule has 0 aromatic carbocycles. The van der Waals surface area contributed by atoms with Gasteiger partial charge in [-0.3, -0.25) is 0 Å². The fraction of sp³-hybridized carbons (Fsp3) is 0.682. The van der Waals surface area contributed by atoms with Crippen molar-refractivity contribution < 1.29 is 14.6 Å². The zero-order valence-electron chi connectivity index (χ0n) is 16.5. The summed E-state index contributed by atoms with van der Waals surface area (Å²) in [4.78, 5) is 10.9. The third-order valence-corrected chi connectivity index (χ3v) is 4.02. The number of rotatable bonds is 16. The van der Waals surface area contributed by atoms with Gasteiger partial charge in [-0.15, -0.1) is 0 Å². The predicted molar refractivity (Wildman–Crippen MR) is 107 cm³/mol. The lowest BCUT2D eigenvalue weighted by Gasteiger charge is -2.19. The second-order valence-corrected chi connectivity index (χ2v) is 6.87. The van der Waals surface area contributed by atoms with Gasteiger partial charge in [0.25, 0.3) is 0 Å². The Morgan fingerprint density at radius 1 is 0.840 bits per heavy atom. The smallest absolute Gasteiger partial charge is 0.335 e. The molecule has 0 spiro atoms. The first-order valence-electron chi connectivity index (χ1n) is 9.83. The monoisotopic (exact) mass is 350 g/mol. The number of carbonyl (C=O) groups is 1. The molecule has 0 aromatic rings. The molecule has 0 unspecified atom stereocenters. The van der Waals surface area contributed by atoms with Gasteiger partial charge in [-0.05, 0) is 52.4 Å². The lowest BCUT2D eigenvalue weighted by molar-refractivity contribution is -0.161. The van der Waals surface area contributed by atoms with Crippen molar-refractivity contribution in [1.29, 1.82) is 0 Å². The molecule has 144 valence electrons. The molecule has 0 aliphatic rings. The van der Waals surface area contributed by atoms with Gasteiger partial charge in [-0.1, -0.05) is 69.1 Å². The lowest BCUT2D eigenvalue weighted by Crippen LogP contribution is -2.35. The Labute approximate surface area is 154 Å². The van der Waals surface area contributed by atoms with Crippen LogP contribution in [0, 0.1) is 0 Å². The van der Waals surface area contributed by atoms with Crippen LogP contribution in [-0.2, 0) is 9.53 Å². The van der Waals surface area contributed by atoms with E-state index < -0.39 is 11.6 Å². The Morgan fingerprint density at radius 2 is 1.36 bits per heavy atom. The second-order valence-electron chi connectivity index (χ2n) is 6.87. The average molecular weight is 351 g/mol. The second kappa shape index (κ2) is 16.1. The summed E-state index contributed by atoms with van der Waals surface area (Å²) in [5, 5.41) is 8.94. The van der Waals surface area contributed by atoms with Crippen molar-refractivity contribution in [2.45, 2.75) is 90.6 Å². The summed E-state index contributed by atoms with van der Waals surface area (Å²) >= 11 is 0. The molecule has 25 heavy (non-hydrogen) atoms. The number of unbranched alkanes of at least 4 members (excludes halogenated alkanes) is 6. The highest BCUT2D eigenvalue weighted by atomic mass is 16.5. The number of hydrogen-bond donors (Lipinski definition) is 1. The minimum absolute atomic E-state index is 0.532. The molecule has 0 heterocycles. The predicted octanol–water partition coefficient (Wildman–Crippen LogP) is 6.46.